The van der Waals surface area contributed by atoms with Crippen LogP contribution in [0.15, 0.2) is 36.5 Å². The van der Waals surface area contributed by atoms with Gasteiger partial charge >= 0.3 is 12.0 Å². The lowest BCUT2D eigenvalue weighted by atomic mass is 10.1. The van der Waals surface area contributed by atoms with Gasteiger partial charge in [0.2, 0.25) is 0 Å². The molecule has 0 unspecified atom stereocenters. The number of benzene rings is 1. The van der Waals surface area contributed by atoms with Gasteiger partial charge in [0.15, 0.2) is 0 Å². The minimum absolute atomic E-state index is 0.0586. The van der Waals surface area contributed by atoms with Crippen LogP contribution < -0.4 is 5.32 Å². The van der Waals surface area contributed by atoms with E-state index in [1.165, 1.54) is 13.2 Å². The molecule has 6 nitrogen and oxygen atoms in total. The van der Waals surface area contributed by atoms with Crippen molar-refractivity contribution < 1.29 is 14.3 Å². The van der Waals surface area contributed by atoms with Crippen molar-refractivity contribution in [3.05, 3.63) is 58.4 Å². The van der Waals surface area contributed by atoms with Crippen molar-refractivity contribution in [3.8, 4) is 0 Å². The zero-order valence-electron chi connectivity index (χ0n) is 15.2. The van der Waals surface area contributed by atoms with E-state index in [4.69, 9.17) is 11.6 Å². The first-order valence-corrected chi connectivity index (χ1v) is 8.52. The number of carbonyl (C=O) groups is 2. The lowest BCUT2D eigenvalue weighted by Crippen LogP contribution is -2.39. The first kappa shape index (κ1) is 19.7. The lowest BCUT2D eigenvalue weighted by Gasteiger charge is -2.25. The summed E-state index contributed by atoms with van der Waals surface area (Å²) < 4.78 is 4.69. The van der Waals surface area contributed by atoms with Crippen LogP contribution in [0.4, 0.5) is 10.5 Å². The zero-order valence-corrected chi connectivity index (χ0v) is 16.0. The number of methoxy groups -OCH3 is 1. The van der Waals surface area contributed by atoms with Crippen LogP contribution in [0.1, 0.15) is 28.5 Å². The number of aryl methyl sites for hydroxylation is 1. The molecule has 0 fully saturated rings. The van der Waals surface area contributed by atoms with Crippen molar-refractivity contribution in [2.45, 2.75) is 26.3 Å². The SMILES string of the molecule is COC(=O)c1cc(NC(=O)N(C)[C@H](C)Cc2cc(C)ccn2)ccc1Cl. The largest absolute Gasteiger partial charge is 0.465 e. The van der Waals surface area contributed by atoms with Crippen LogP contribution in [-0.2, 0) is 11.2 Å². The molecule has 0 radical (unpaired) electrons. The lowest BCUT2D eigenvalue weighted by molar-refractivity contribution is 0.0601. The molecular weight excluding hydrogens is 354 g/mol. The van der Waals surface area contributed by atoms with Gasteiger partial charge in [0.25, 0.3) is 0 Å². The molecule has 0 bridgehead atoms. The Morgan fingerprint density at radius 2 is 2.04 bits per heavy atom. The van der Waals surface area contributed by atoms with Crippen molar-refractivity contribution in [1.29, 1.82) is 0 Å². The summed E-state index contributed by atoms with van der Waals surface area (Å²) in [5.74, 6) is -0.557. The molecule has 1 N–H and O–H groups in total. The van der Waals surface area contributed by atoms with Crippen LogP contribution in [0, 0.1) is 6.92 Å². The van der Waals surface area contributed by atoms with Crippen LogP contribution in [-0.4, -0.2) is 42.1 Å². The minimum atomic E-state index is -0.557. The third-order valence-corrected chi connectivity index (χ3v) is 4.41. The summed E-state index contributed by atoms with van der Waals surface area (Å²) >= 11 is 5.99. The van der Waals surface area contributed by atoms with Crippen molar-refractivity contribution in [2.75, 3.05) is 19.5 Å². The Labute approximate surface area is 158 Å². The fourth-order valence-electron chi connectivity index (χ4n) is 2.43. The van der Waals surface area contributed by atoms with Crippen LogP contribution in [0.25, 0.3) is 0 Å². The average Bonchev–Trinajstić information content (AvgIpc) is 2.61. The van der Waals surface area contributed by atoms with Gasteiger partial charge in [-0.25, -0.2) is 9.59 Å². The number of urea groups is 1. The molecule has 0 aliphatic carbocycles. The molecule has 0 spiro atoms. The molecule has 0 saturated carbocycles. The van der Waals surface area contributed by atoms with E-state index in [-0.39, 0.29) is 22.7 Å². The Hall–Kier alpha value is -2.60. The highest BCUT2D eigenvalue weighted by atomic mass is 35.5. The molecule has 2 rings (SSSR count). The third kappa shape index (κ3) is 4.95. The van der Waals surface area contributed by atoms with E-state index in [0.29, 0.717) is 12.1 Å². The van der Waals surface area contributed by atoms with Gasteiger partial charge in [-0.15, -0.1) is 0 Å². The van der Waals surface area contributed by atoms with Gasteiger partial charge in [-0.1, -0.05) is 11.6 Å². The molecule has 0 aliphatic rings. The maximum absolute atomic E-state index is 12.5. The molecule has 138 valence electrons. The summed E-state index contributed by atoms with van der Waals surface area (Å²) in [7, 11) is 2.99. The van der Waals surface area contributed by atoms with Gasteiger partial charge in [-0.05, 0) is 49.7 Å². The Balaban J connectivity index is 2.05. The molecule has 1 atom stereocenters. The molecule has 2 aromatic rings. The number of hydrogen-bond acceptors (Lipinski definition) is 4. The summed E-state index contributed by atoms with van der Waals surface area (Å²) in [6, 6.07) is 8.26. The molecule has 26 heavy (non-hydrogen) atoms. The first-order chi connectivity index (χ1) is 12.3. The smallest absolute Gasteiger partial charge is 0.339 e. The normalized spacial score (nSPS) is 11.6. The molecule has 1 heterocycles. The summed E-state index contributed by atoms with van der Waals surface area (Å²) in [5, 5.41) is 3.03. The van der Waals surface area contributed by atoms with Gasteiger partial charge < -0.3 is 15.0 Å². The second-order valence-electron chi connectivity index (χ2n) is 6.10. The first-order valence-electron chi connectivity index (χ1n) is 8.15. The van der Waals surface area contributed by atoms with Crippen molar-refractivity contribution in [2.24, 2.45) is 0 Å². The Bertz CT molecular complexity index is 810. The number of nitrogens with zero attached hydrogens (tertiary/aromatic N) is 2. The monoisotopic (exact) mass is 375 g/mol. The minimum Gasteiger partial charge on any atom is -0.465 e. The molecule has 7 heteroatoms. The van der Waals surface area contributed by atoms with Crippen molar-refractivity contribution >= 4 is 29.3 Å². The number of anilines is 1. The predicted octanol–water partition coefficient (Wildman–Crippen LogP) is 3.92. The van der Waals surface area contributed by atoms with Crippen molar-refractivity contribution in [1.82, 2.24) is 9.88 Å². The van der Waals surface area contributed by atoms with Crippen molar-refractivity contribution in [3.63, 3.8) is 0 Å². The van der Waals surface area contributed by atoms with E-state index >= 15 is 0 Å². The fourth-order valence-corrected chi connectivity index (χ4v) is 2.63. The van der Waals surface area contributed by atoms with Crippen LogP contribution in [0.3, 0.4) is 0 Å². The number of nitrogens with one attached hydrogen (secondary N) is 1. The quantitative estimate of drug-likeness (QED) is 0.804. The molecule has 0 saturated heterocycles. The number of esters is 1. The number of ether oxygens (including phenoxy) is 1. The summed E-state index contributed by atoms with van der Waals surface area (Å²) in [6.07, 6.45) is 2.40. The predicted molar refractivity (Wildman–Crippen MR) is 102 cm³/mol. The second-order valence-corrected chi connectivity index (χ2v) is 6.51. The van der Waals surface area contributed by atoms with Crippen LogP contribution in [0.2, 0.25) is 5.02 Å². The van der Waals surface area contributed by atoms with Gasteiger partial charge in [-0.3, -0.25) is 4.98 Å². The highest BCUT2D eigenvalue weighted by Gasteiger charge is 2.18. The van der Waals surface area contributed by atoms with Crippen LogP contribution in [0.5, 0.6) is 0 Å². The molecule has 1 aromatic heterocycles. The highest BCUT2D eigenvalue weighted by Crippen LogP contribution is 2.22. The third-order valence-electron chi connectivity index (χ3n) is 4.08. The maximum atomic E-state index is 12.5. The number of rotatable bonds is 5. The molecule has 1 aromatic carbocycles. The number of likely N-dealkylation sites (N-methyl/N-ethyl adjacent to an activating group) is 1. The Morgan fingerprint density at radius 1 is 1.31 bits per heavy atom. The van der Waals surface area contributed by atoms with E-state index in [2.05, 4.69) is 15.0 Å². The van der Waals surface area contributed by atoms with Gasteiger partial charge in [0.1, 0.15) is 0 Å². The Kier molecular flexibility index (Phi) is 6.58. The zero-order chi connectivity index (χ0) is 19.3. The van der Waals surface area contributed by atoms with Gasteiger partial charge in [0.05, 0.1) is 17.7 Å². The highest BCUT2D eigenvalue weighted by molar-refractivity contribution is 6.33. The van der Waals surface area contributed by atoms with Crippen LogP contribution >= 0.6 is 11.6 Å². The summed E-state index contributed by atoms with van der Waals surface area (Å²) in [5.41, 5.74) is 2.72. The van der Waals surface area contributed by atoms with E-state index in [9.17, 15) is 9.59 Å². The van der Waals surface area contributed by atoms with E-state index in [0.717, 1.165) is 11.3 Å². The van der Waals surface area contributed by atoms with E-state index in [1.807, 2.05) is 26.0 Å². The summed E-state index contributed by atoms with van der Waals surface area (Å²) in [6.45, 7) is 3.96. The van der Waals surface area contributed by atoms with Gasteiger partial charge in [0, 0.05) is 37.1 Å². The van der Waals surface area contributed by atoms with E-state index < -0.39 is 5.97 Å². The standard InChI is InChI=1S/C19H22ClN3O3/c1-12-7-8-21-15(9-12)10-13(2)23(3)19(25)22-14-5-6-17(20)16(11-14)18(24)26-4/h5-9,11,13H,10H2,1-4H3,(H,22,25)/t13-/m1/s1. The summed E-state index contributed by atoms with van der Waals surface area (Å²) in [4.78, 5) is 30.1. The number of pyridine rings is 1. The number of hydrogen-bond donors (Lipinski definition) is 1. The Morgan fingerprint density at radius 3 is 2.69 bits per heavy atom. The second kappa shape index (κ2) is 8.67. The topological polar surface area (TPSA) is 71.5 Å². The van der Waals surface area contributed by atoms with E-state index in [1.54, 1.807) is 30.3 Å². The molecule has 0 aliphatic heterocycles. The number of carbonyl (C=O) groups excluding carboxylic acids is 2. The van der Waals surface area contributed by atoms with Gasteiger partial charge in [-0.2, -0.15) is 0 Å². The molecular formula is C19H22ClN3O3. The molecule has 2 amide bonds. The number of aromatic nitrogens is 1. The maximum Gasteiger partial charge on any atom is 0.339 e. The number of amides is 2. The fraction of sp³-hybridized carbons (Fsp3) is 0.316. The number of halogens is 1. The average molecular weight is 376 g/mol.